The average Bonchev–Trinajstić information content (AvgIpc) is 2.16. The van der Waals surface area contributed by atoms with Gasteiger partial charge in [0.15, 0.2) is 0 Å². The second-order valence-electron chi connectivity index (χ2n) is 3.63. The molecule has 1 rings (SSSR count). The summed E-state index contributed by atoms with van der Waals surface area (Å²) in [5, 5.41) is 0. The topological polar surface area (TPSA) is 43.4 Å². The average molecular weight is 218 g/mol. The largest absolute Gasteiger partial charge is 0.426 e. The molecule has 16 heavy (non-hydrogen) atoms. The highest BCUT2D eigenvalue weighted by Crippen LogP contribution is 2.24. The van der Waals surface area contributed by atoms with Gasteiger partial charge >= 0.3 is 5.97 Å². The Hall–Kier alpha value is -1.90. The van der Waals surface area contributed by atoms with E-state index >= 15 is 0 Å². The number of allylic oxidation sites excluding steroid dienone is 1. The van der Waals surface area contributed by atoms with Crippen LogP contribution in [-0.4, -0.2) is 11.8 Å². The number of ether oxygens (including phenoxy) is 1. The van der Waals surface area contributed by atoms with E-state index < -0.39 is 5.97 Å². The van der Waals surface area contributed by atoms with Crippen molar-refractivity contribution < 1.29 is 14.3 Å². The maximum absolute atomic E-state index is 11.3. The molecule has 0 saturated carbocycles. The first kappa shape index (κ1) is 12.2. The summed E-state index contributed by atoms with van der Waals surface area (Å²) in [4.78, 5) is 22.1. The summed E-state index contributed by atoms with van der Waals surface area (Å²) in [6.45, 7) is 6.98. The van der Waals surface area contributed by atoms with E-state index in [1.165, 1.54) is 6.92 Å². The second kappa shape index (κ2) is 5.26. The number of hydrogen-bond acceptors (Lipinski definition) is 3. The van der Waals surface area contributed by atoms with E-state index in [2.05, 4.69) is 6.58 Å². The number of para-hydroxylation sites is 1. The lowest BCUT2D eigenvalue weighted by Gasteiger charge is -2.08. The van der Waals surface area contributed by atoms with E-state index in [1.54, 1.807) is 12.1 Å². The van der Waals surface area contributed by atoms with E-state index in [4.69, 9.17) is 4.74 Å². The molecule has 0 fully saturated rings. The van der Waals surface area contributed by atoms with Gasteiger partial charge in [-0.15, -0.1) is 0 Å². The summed E-state index contributed by atoms with van der Waals surface area (Å²) in [7, 11) is 0. The van der Waals surface area contributed by atoms with Crippen LogP contribution in [0.2, 0.25) is 0 Å². The number of esters is 1. The maximum Gasteiger partial charge on any atom is 0.318 e. The van der Waals surface area contributed by atoms with Gasteiger partial charge in [0.2, 0.25) is 0 Å². The minimum absolute atomic E-state index is 0.204. The van der Waals surface area contributed by atoms with E-state index in [-0.39, 0.29) is 12.2 Å². The highest BCUT2D eigenvalue weighted by molar-refractivity contribution is 5.95. The lowest BCUT2D eigenvalue weighted by molar-refractivity contribution is -0.137. The van der Waals surface area contributed by atoms with Gasteiger partial charge < -0.3 is 4.74 Å². The van der Waals surface area contributed by atoms with Gasteiger partial charge in [0.25, 0.3) is 0 Å². The monoisotopic (exact) mass is 218 g/mol. The predicted molar refractivity (Wildman–Crippen MR) is 62.1 cm³/mol. The molecule has 0 saturated heterocycles. The second-order valence-corrected chi connectivity index (χ2v) is 3.63. The SMILES string of the molecule is C=C(C)c1ccccc1OC(=O)CC(C)=O. The molecule has 3 heteroatoms. The van der Waals surface area contributed by atoms with Crippen molar-refractivity contribution in [2.75, 3.05) is 0 Å². The van der Waals surface area contributed by atoms with Crippen LogP contribution >= 0.6 is 0 Å². The summed E-state index contributed by atoms with van der Waals surface area (Å²) >= 11 is 0. The Labute approximate surface area is 94.7 Å². The standard InChI is InChI=1S/C13H14O3/c1-9(2)11-6-4-5-7-12(11)16-13(15)8-10(3)14/h4-7H,1,8H2,2-3H3. The quantitative estimate of drug-likeness (QED) is 0.443. The van der Waals surface area contributed by atoms with E-state index in [0.29, 0.717) is 5.75 Å². The Morgan fingerprint density at radius 2 is 1.88 bits per heavy atom. The molecule has 0 spiro atoms. The Balaban J connectivity index is 2.84. The number of Topliss-reactive ketones (excluding diaryl/α,β-unsaturated/α-hetero) is 1. The summed E-state index contributed by atoms with van der Waals surface area (Å²) < 4.78 is 5.10. The van der Waals surface area contributed by atoms with Gasteiger partial charge in [-0.1, -0.05) is 24.8 Å². The van der Waals surface area contributed by atoms with Gasteiger partial charge in [0, 0.05) is 5.56 Å². The summed E-state index contributed by atoms with van der Waals surface area (Å²) in [5.41, 5.74) is 1.59. The highest BCUT2D eigenvalue weighted by atomic mass is 16.5. The van der Waals surface area contributed by atoms with Crippen molar-refractivity contribution in [2.45, 2.75) is 20.3 Å². The Kier molecular flexibility index (Phi) is 4.00. The Bertz CT molecular complexity index is 433. The number of rotatable bonds is 4. The Morgan fingerprint density at radius 1 is 1.25 bits per heavy atom. The van der Waals surface area contributed by atoms with E-state index in [0.717, 1.165) is 11.1 Å². The van der Waals surface area contributed by atoms with Crippen molar-refractivity contribution >= 4 is 17.3 Å². The van der Waals surface area contributed by atoms with Gasteiger partial charge in [-0.25, -0.2) is 0 Å². The van der Waals surface area contributed by atoms with Crippen LogP contribution in [0.5, 0.6) is 5.75 Å². The van der Waals surface area contributed by atoms with Crippen LogP contribution < -0.4 is 4.74 Å². The van der Waals surface area contributed by atoms with Crippen LogP contribution in [0.25, 0.3) is 5.57 Å². The van der Waals surface area contributed by atoms with Gasteiger partial charge in [-0.2, -0.15) is 0 Å². The van der Waals surface area contributed by atoms with Gasteiger partial charge in [-0.05, 0) is 25.5 Å². The zero-order chi connectivity index (χ0) is 12.1. The Morgan fingerprint density at radius 3 is 2.44 bits per heavy atom. The maximum atomic E-state index is 11.3. The summed E-state index contributed by atoms with van der Waals surface area (Å²) in [6.07, 6.45) is -0.204. The normalized spacial score (nSPS) is 9.62. The molecule has 0 unspecified atom stereocenters. The van der Waals surface area contributed by atoms with Crippen molar-refractivity contribution in [1.82, 2.24) is 0 Å². The smallest absolute Gasteiger partial charge is 0.318 e. The van der Waals surface area contributed by atoms with E-state index in [1.807, 2.05) is 19.1 Å². The molecule has 1 aromatic carbocycles. The molecule has 0 aliphatic heterocycles. The van der Waals surface area contributed by atoms with Gasteiger partial charge in [-0.3, -0.25) is 9.59 Å². The molecule has 0 amide bonds. The number of ketones is 1. The fraction of sp³-hybridized carbons (Fsp3) is 0.231. The van der Waals surface area contributed by atoms with Gasteiger partial charge in [0.1, 0.15) is 18.0 Å². The number of benzene rings is 1. The molecule has 84 valence electrons. The van der Waals surface area contributed by atoms with Crippen molar-refractivity contribution in [3.05, 3.63) is 36.4 Å². The number of carbonyl (C=O) groups is 2. The third-order valence-corrected chi connectivity index (χ3v) is 1.96. The fourth-order valence-electron chi connectivity index (χ4n) is 1.27. The molecule has 0 radical (unpaired) electrons. The first-order valence-corrected chi connectivity index (χ1v) is 4.95. The molecule has 0 aliphatic rings. The fourth-order valence-corrected chi connectivity index (χ4v) is 1.27. The molecule has 0 bridgehead atoms. The van der Waals surface area contributed by atoms with Crippen LogP contribution in [-0.2, 0) is 9.59 Å². The lowest BCUT2D eigenvalue weighted by atomic mass is 10.1. The third kappa shape index (κ3) is 3.35. The van der Waals surface area contributed by atoms with Gasteiger partial charge in [0.05, 0.1) is 0 Å². The number of carbonyl (C=O) groups excluding carboxylic acids is 2. The van der Waals surface area contributed by atoms with E-state index in [9.17, 15) is 9.59 Å². The van der Waals surface area contributed by atoms with Crippen molar-refractivity contribution in [2.24, 2.45) is 0 Å². The highest BCUT2D eigenvalue weighted by Gasteiger charge is 2.10. The van der Waals surface area contributed by atoms with Crippen molar-refractivity contribution in [1.29, 1.82) is 0 Å². The molecular weight excluding hydrogens is 204 g/mol. The van der Waals surface area contributed by atoms with Crippen molar-refractivity contribution in [3.8, 4) is 5.75 Å². The van der Waals surface area contributed by atoms with Crippen LogP contribution in [0.3, 0.4) is 0 Å². The lowest BCUT2D eigenvalue weighted by Crippen LogP contribution is -2.12. The molecule has 0 aliphatic carbocycles. The summed E-state index contributed by atoms with van der Waals surface area (Å²) in [6, 6.07) is 7.11. The molecular formula is C13H14O3. The zero-order valence-corrected chi connectivity index (χ0v) is 9.45. The summed E-state index contributed by atoms with van der Waals surface area (Å²) in [5.74, 6) is -0.305. The van der Waals surface area contributed by atoms with Crippen molar-refractivity contribution in [3.63, 3.8) is 0 Å². The molecule has 1 aromatic rings. The molecule has 3 nitrogen and oxygen atoms in total. The minimum atomic E-state index is -0.541. The minimum Gasteiger partial charge on any atom is -0.426 e. The molecule has 0 atom stereocenters. The van der Waals surface area contributed by atoms with Crippen LogP contribution in [0.4, 0.5) is 0 Å². The molecule has 0 aromatic heterocycles. The first-order chi connectivity index (χ1) is 7.50. The molecule has 0 N–H and O–H groups in total. The molecule has 0 heterocycles. The zero-order valence-electron chi connectivity index (χ0n) is 9.45. The van der Waals surface area contributed by atoms with Crippen LogP contribution in [0.15, 0.2) is 30.8 Å². The van der Waals surface area contributed by atoms with Crippen LogP contribution in [0.1, 0.15) is 25.8 Å². The van der Waals surface area contributed by atoms with Crippen LogP contribution in [0, 0.1) is 0 Å². The number of hydrogen-bond donors (Lipinski definition) is 0. The predicted octanol–water partition coefficient (Wildman–Crippen LogP) is 2.60. The first-order valence-electron chi connectivity index (χ1n) is 4.95. The third-order valence-electron chi connectivity index (χ3n) is 1.96.